The fraction of sp³-hybridized carbons (Fsp3) is 0.154. The highest BCUT2D eigenvalue weighted by molar-refractivity contribution is 7.17. The van der Waals surface area contributed by atoms with E-state index in [1.165, 1.54) is 25.0 Å². The number of aliphatic hydroxyl groups is 1. The molecule has 8 heteroatoms. The molecule has 0 radical (unpaired) electrons. The Hall–Kier alpha value is -4.04. The molecule has 0 aliphatic carbocycles. The number of aliphatic hydroxyl groups excluding tert-OH is 1. The van der Waals surface area contributed by atoms with Crippen LogP contribution in [0.25, 0.3) is 6.08 Å². The van der Waals surface area contributed by atoms with Crippen LogP contribution in [0.15, 0.2) is 72.0 Å². The molecular weight excluding hydrogens is 452 g/mol. The van der Waals surface area contributed by atoms with Crippen LogP contribution in [-0.4, -0.2) is 34.7 Å². The van der Waals surface area contributed by atoms with Gasteiger partial charge in [-0.15, -0.1) is 0 Å². The number of methoxy groups -OCH3 is 1. The van der Waals surface area contributed by atoms with Crippen LogP contribution in [0, 0.1) is 6.92 Å². The summed E-state index contributed by atoms with van der Waals surface area (Å²) in [4.78, 5) is 44.6. The summed E-state index contributed by atoms with van der Waals surface area (Å²) >= 11 is 1.05. The minimum absolute atomic E-state index is 0.0670. The molecule has 0 fully saturated rings. The van der Waals surface area contributed by atoms with Crippen molar-refractivity contribution in [1.82, 2.24) is 4.98 Å². The highest BCUT2D eigenvalue weighted by Crippen LogP contribution is 2.43. The van der Waals surface area contributed by atoms with E-state index >= 15 is 0 Å². The fourth-order valence-electron chi connectivity index (χ4n) is 3.82. The maximum Gasteiger partial charge on any atom is 0.296 e. The van der Waals surface area contributed by atoms with E-state index in [0.29, 0.717) is 21.9 Å². The Balaban J connectivity index is 1.82. The maximum atomic E-state index is 13.3. The van der Waals surface area contributed by atoms with E-state index in [1.807, 2.05) is 30.3 Å². The summed E-state index contributed by atoms with van der Waals surface area (Å²) in [5.74, 6) is -1.56. The van der Waals surface area contributed by atoms with E-state index < -0.39 is 23.5 Å². The number of hydrogen-bond acceptors (Lipinski definition) is 7. The highest BCUT2D eigenvalue weighted by Gasteiger charge is 2.45. The molecule has 1 unspecified atom stereocenters. The lowest BCUT2D eigenvalue weighted by Gasteiger charge is -2.24. The molecule has 0 spiro atoms. The quantitative estimate of drug-likeness (QED) is 0.389. The van der Waals surface area contributed by atoms with E-state index in [-0.39, 0.29) is 16.5 Å². The maximum absolute atomic E-state index is 13.3. The fourth-order valence-corrected chi connectivity index (χ4v) is 4.81. The van der Waals surface area contributed by atoms with E-state index in [9.17, 15) is 19.5 Å². The Bertz CT molecular complexity index is 1340. The van der Waals surface area contributed by atoms with Gasteiger partial charge < -0.3 is 9.84 Å². The van der Waals surface area contributed by atoms with Crippen molar-refractivity contribution >= 4 is 40.0 Å². The molecule has 0 saturated heterocycles. The molecule has 2 aromatic carbocycles. The van der Waals surface area contributed by atoms with Gasteiger partial charge in [-0.2, -0.15) is 0 Å². The van der Waals surface area contributed by atoms with Crippen LogP contribution < -0.4 is 9.64 Å². The Kier molecular flexibility index (Phi) is 6.43. The minimum Gasteiger partial charge on any atom is -0.503 e. The molecule has 7 nitrogen and oxygen atoms in total. The van der Waals surface area contributed by atoms with Crippen LogP contribution in [0.1, 0.15) is 39.5 Å². The molecule has 1 aromatic heterocycles. The molecular formula is C26H22N2O5S. The molecule has 1 N–H and O–H groups in total. The normalized spacial score (nSPS) is 15.9. The van der Waals surface area contributed by atoms with Gasteiger partial charge in [-0.3, -0.25) is 19.3 Å². The standard InChI is InChI=1S/C26H22N2O5S/c1-15-24(16(2)29)34-26(27-15)28-22(18-10-7-11-19(14-18)33-3)21(23(31)25(28)32)20(30)13-12-17-8-5-4-6-9-17/h4-14,22,31H,1-3H3/b13-12+. The first-order valence-corrected chi connectivity index (χ1v) is 11.3. The number of allylic oxidation sites excluding steroid dienone is 1. The third kappa shape index (κ3) is 4.27. The SMILES string of the molecule is COc1cccc(C2C(C(=O)/C=C/c3ccccc3)=C(O)C(=O)N2c2nc(C)c(C(C)=O)s2)c1. The van der Waals surface area contributed by atoms with Crippen molar-refractivity contribution in [2.45, 2.75) is 19.9 Å². The zero-order valence-corrected chi connectivity index (χ0v) is 19.6. The van der Waals surface area contributed by atoms with E-state index in [0.717, 1.165) is 16.9 Å². The molecule has 1 amide bonds. The minimum atomic E-state index is -0.944. The number of ether oxygens (including phenoxy) is 1. The van der Waals surface area contributed by atoms with E-state index in [2.05, 4.69) is 4.98 Å². The number of ketones is 2. The number of amides is 1. The van der Waals surface area contributed by atoms with Crippen molar-refractivity contribution in [2.24, 2.45) is 0 Å². The van der Waals surface area contributed by atoms with Crippen molar-refractivity contribution in [2.75, 3.05) is 12.0 Å². The van der Waals surface area contributed by atoms with Gasteiger partial charge in [0.05, 0.1) is 29.3 Å². The van der Waals surface area contributed by atoms with Crippen LogP contribution >= 0.6 is 11.3 Å². The Morgan fingerprint density at radius 3 is 2.53 bits per heavy atom. The molecule has 4 rings (SSSR count). The van der Waals surface area contributed by atoms with Crippen molar-refractivity contribution < 1.29 is 24.2 Å². The van der Waals surface area contributed by atoms with Gasteiger partial charge in [0.15, 0.2) is 22.5 Å². The smallest absolute Gasteiger partial charge is 0.296 e. The van der Waals surface area contributed by atoms with Gasteiger partial charge in [0.2, 0.25) is 0 Å². The van der Waals surface area contributed by atoms with Crippen LogP contribution in [-0.2, 0) is 9.59 Å². The number of thiazole rings is 1. The number of carbonyl (C=O) groups excluding carboxylic acids is 3. The molecule has 3 aromatic rings. The Labute approximate surface area is 200 Å². The molecule has 2 heterocycles. The lowest BCUT2D eigenvalue weighted by molar-refractivity contribution is -0.117. The Morgan fingerprint density at radius 1 is 1.15 bits per heavy atom. The number of benzene rings is 2. The average Bonchev–Trinajstić information content (AvgIpc) is 3.35. The van der Waals surface area contributed by atoms with Crippen molar-refractivity contribution in [3.05, 3.63) is 93.7 Å². The first kappa shape index (κ1) is 23.1. The number of aryl methyl sites for hydroxylation is 1. The molecule has 34 heavy (non-hydrogen) atoms. The summed E-state index contributed by atoms with van der Waals surface area (Å²) in [6.45, 7) is 3.11. The summed E-state index contributed by atoms with van der Waals surface area (Å²) in [5.41, 5.74) is 1.78. The lowest BCUT2D eigenvalue weighted by Crippen LogP contribution is -2.30. The number of rotatable bonds is 7. The van der Waals surface area contributed by atoms with Gasteiger partial charge in [0.25, 0.3) is 5.91 Å². The number of carbonyl (C=O) groups is 3. The molecule has 0 bridgehead atoms. The van der Waals surface area contributed by atoms with E-state index in [1.54, 1.807) is 37.3 Å². The van der Waals surface area contributed by atoms with Crippen molar-refractivity contribution in [3.63, 3.8) is 0 Å². The van der Waals surface area contributed by atoms with Crippen molar-refractivity contribution in [3.8, 4) is 5.75 Å². The predicted octanol–water partition coefficient (Wildman–Crippen LogP) is 4.85. The summed E-state index contributed by atoms with van der Waals surface area (Å²) in [6, 6.07) is 15.2. The second-order valence-electron chi connectivity index (χ2n) is 7.69. The van der Waals surface area contributed by atoms with Crippen LogP contribution in [0.5, 0.6) is 5.75 Å². The highest BCUT2D eigenvalue weighted by atomic mass is 32.1. The second kappa shape index (κ2) is 9.44. The summed E-state index contributed by atoms with van der Waals surface area (Å²) < 4.78 is 5.33. The monoisotopic (exact) mass is 474 g/mol. The largest absolute Gasteiger partial charge is 0.503 e. The summed E-state index contributed by atoms with van der Waals surface area (Å²) in [6.07, 6.45) is 2.96. The molecule has 1 atom stereocenters. The van der Waals surface area contributed by atoms with Gasteiger partial charge in [0.1, 0.15) is 5.75 Å². The number of Topliss-reactive ketones (excluding diaryl/α,β-unsaturated/α-hetero) is 1. The third-order valence-corrected chi connectivity index (χ3v) is 6.68. The second-order valence-corrected chi connectivity index (χ2v) is 8.67. The number of aromatic nitrogens is 1. The van der Waals surface area contributed by atoms with Crippen LogP contribution in [0.3, 0.4) is 0 Å². The number of nitrogens with zero attached hydrogens (tertiary/aromatic N) is 2. The topological polar surface area (TPSA) is 96.8 Å². The molecule has 172 valence electrons. The molecule has 0 saturated carbocycles. The van der Waals surface area contributed by atoms with Gasteiger partial charge in [0, 0.05) is 6.92 Å². The first-order valence-electron chi connectivity index (χ1n) is 10.5. The Morgan fingerprint density at radius 2 is 1.88 bits per heavy atom. The van der Waals surface area contributed by atoms with Gasteiger partial charge in [-0.05, 0) is 36.3 Å². The van der Waals surface area contributed by atoms with Gasteiger partial charge >= 0.3 is 0 Å². The number of hydrogen-bond donors (Lipinski definition) is 1. The lowest BCUT2D eigenvalue weighted by atomic mass is 9.95. The molecule has 1 aliphatic rings. The molecule has 1 aliphatic heterocycles. The van der Waals surface area contributed by atoms with Crippen molar-refractivity contribution in [1.29, 1.82) is 0 Å². The number of anilines is 1. The first-order chi connectivity index (χ1) is 16.3. The zero-order chi connectivity index (χ0) is 24.4. The zero-order valence-electron chi connectivity index (χ0n) is 18.8. The average molecular weight is 475 g/mol. The summed E-state index contributed by atoms with van der Waals surface area (Å²) in [5, 5.41) is 11.0. The van der Waals surface area contributed by atoms with Crippen LogP contribution in [0.4, 0.5) is 5.13 Å². The summed E-state index contributed by atoms with van der Waals surface area (Å²) in [7, 11) is 1.52. The third-order valence-electron chi connectivity index (χ3n) is 5.42. The van der Waals surface area contributed by atoms with Crippen LogP contribution in [0.2, 0.25) is 0 Å². The van der Waals surface area contributed by atoms with Gasteiger partial charge in [-0.25, -0.2) is 4.98 Å². The van der Waals surface area contributed by atoms with Gasteiger partial charge in [-0.1, -0.05) is 59.9 Å². The predicted molar refractivity (Wildman–Crippen MR) is 130 cm³/mol. The van der Waals surface area contributed by atoms with E-state index in [4.69, 9.17) is 4.74 Å².